The van der Waals surface area contributed by atoms with E-state index in [4.69, 9.17) is 10.5 Å². The molecule has 0 saturated heterocycles. The van der Waals surface area contributed by atoms with Gasteiger partial charge in [-0.1, -0.05) is 22.4 Å². The van der Waals surface area contributed by atoms with E-state index in [1.54, 1.807) is 0 Å². The molecule has 18 heavy (non-hydrogen) atoms. The van der Waals surface area contributed by atoms with Crippen LogP contribution in [-0.4, -0.2) is 16.4 Å². The molecule has 2 N–H and O–H groups in total. The van der Waals surface area contributed by atoms with Gasteiger partial charge in [-0.15, -0.1) is 0 Å². The molecule has 0 saturated carbocycles. The predicted molar refractivity (Wildman–Crippen MR) is 67.2 cm³/mol. The minimum absolute atomic E-state index is 0.141. The normalized spacial score (nSPS) is 12.4. The van der Waals surface area contributed by atoms with Crippen LogP contribution in [0.4, 0.5) is 0 Å². The lowest BCUT2D eigenvalue weighted by molar-refractivity contribution is 0.270. The SMILES string of the molecule is Cc1nonc1COc1cccc(CC(C)N)c1. The second-order valence-corrected chi connectivity index (χ2v) is 4.41. The van der Waals surface area contributed by atoms with Gasteiger partial charge in [-0.25, -0.2) is 4.63 Å². The van der Waals surface area contributed by atoms with E-state index in [1.807, 2.05) is 38.1 Å². The van der Waals surface area contributed by atoms with Crippen LogP contribution in [0.25, 0.3) is 0 Å². The summed E-state index contributed by atoms with van der Waals surface area (Å²) in [5, 5.41) is 7.47. The number of aromatic nitrogens is 2. The molecule has 1 atom stereocenters. The molecule has 1 unspecified atom stereocenters. The highest BCUT2D eigenvalue weighted by Gasteiger charge is 2.06. The van der Waals surface area contributed by atoms with Gasteiger partial charge in [-0.3, -0.25) is 0 Å². The standard InChI is InChI=1S/C13H17N3O2/c1-9(14)6-11-4-3-5-12(7-11)17-8-13-10(2)15-18-16-13/h3-5,7,9H,6,8,14H2,1-2H3. The zero-order chi connectivity index (χ0) is 13.0. The molecule has 0 fully saturated rings. The van der Waals surface area contributed by atoms with Crippen molar-refractivity contribution in [1.29, 1.82) is 0 Å². The second kappa shape index (κ2) is 5.64. The molecule has 1 aromatic heterocycles. The highest BCUT2D eigenvalue weighted by atomic mass is 16.6. The van der Waals surface area contributed by atoms with Crippen LogP contribution in [0.1, 0.15) is 23.9 Å². The molecule has 0 bridgehead atoms. The summed E-state index contributed by atoms with van der Waals surface area (Å²) in [4.78, 5) is 0. The Hall–Kier alpha value is -1.88. The average molecular weight is 247 g/mol. The lowest BCUT2D eigenvalue weighted by Gasteiger charge is -2.08. The van der Waals surface area contributed by atoms with Crippen molar-refractivity contribution in [3.63, 3.8) is 0 Å². The third kappa shape index (κ3) is 3.30. The Morgan fingerprint density at radius 3 is 2.89 bits per heavy atom. The van der Waals surface area contributed by atoms with E-state index in [0.29, 0.717) is 12.3 Å². The van der Waals surface area contributed by atoms with Crippen molar-refractivity contribution in [2.75, 3.05) is 0 Å². The van der Waals surface area contributed by atoms with E-state index in [0.717, 1.165) is 23.4 Å². The zero-order valence-electron chi connectivity index (χ0n) is 10.6. The smallest absolute Gasteiger partial charge is 0.145 e. The van der Waals surface area contributed by atoms with Crippen molar-refractivity contribution in [1.82, 2.24) is 10.3 Å². The van der Waals surface area contributed by atoms with Gasteiger partial charge >= 0.3 is 0 Å². The highest BCUT2D eigenvalue weighted by molar-refractivity contribution is 5.29. The van der Waals surface area contributed by atoms with Gasteiger partial charge in [0.1, 0.15) is 23.7 Å². The fourth-order valence-electron chi connectivity index (χ4n) is 1.67. The Balaban J connectivity index is 1.99. The molecule has 96 valence electrons. The molecule has 0 spiro atoms. The van der Waals surface area contributed by atoms with E-state index >= 15 is 0 Å². The summed E-state index contributed by atoms with van der Waals surface area (Å²) in [6.45, 7) is 4.18. The van der Waals surface area contributed by atoms with Gasteiger partial charge in [0, 0.05) is 6.04 Å². The third-order valence-corrected chi connectivity index (χ3v) is 2.58. The van der Waals surface area contributed by atoms with Gasteiger partial charge < -0.3 is 10.5 Å². The number of benzene rings is 1. The molecule has 0 radical (unpaired) electrons. The van der Waals surface area contributed by atoms with Crippen LogP contribution in [0.2, 0.25) is 0 Å². The molecule has 0 aliphatic rings. The van der Waals surface area contributed by atoms with Crippen molar-refractivity contribution < 1.29 is 9.37 Å². The summed E-state index contributed by atoms with van der Waals surface area (Å²) in [5.74, 6) is 0.801. The minimum Gasteiger partial charge on any atom is -0.487 e. The average Bonchev–Trinajstić information content (AvgIpc) is 2.72. The molecule has 0 amide bonds. The van der Waals surface area contributed by atoms with Gasteiger partial charge in [0.05, 0.1) is 0 Å². The third-order valence-electron chi connectivity index (χ3n) is 2.58. The molecule has 0 aliphatic carbocycles. The first-order valence-electron chi connectivity index (χ1n) is 5.90. The summed E-state index contributed by atoms with van der Waals surface area (Å²) >= 11 is 0. The van der Waals surface area contributed by atoms with Gasteiger partial charge in [-0.05, 0) is 38.0 Å². The van der Waals surface area contributed by atoms with Crippen LogP contribution >= 0.6 is 0 Å². The zero-order valence-corrected chi connectivity index (χ0v) is 10.6. The van der Waals surface area contributed by atoms with E-state index in [1.165, 1.54) is 0 Å². The fourth-order valence-corrected chi connectivity index (χ4v) is 1.67. The predicted octanol–water partition coefficient (Wildman–Crippen LogP) is 1.85. The van der Waals surface area contributed by atoms with Gasteiger partial charge in [0.25, 0.3) is 0 Å². The number of rotatable bonds is 5. The summed E-state index contributed by atoms with van der Waals surface area (Å²) in [6, 6.07) is 8.04. The Morgan fingerprint density at radius 1 is 1.39 bits per heavy atom. The summed E-state index contributed by atoms with van der Waals surface area (Å²) in [7, 11) is 0. The fraction of sp³-hybridized carbons (Fsp3) is 0.385. The Morgan fingerprint density at radius 2 is 2.22 bits per heavy atom. The lowest BCUT2D eigenvalue weighted by atomic mass is 10.1. The first kappa shape index (κ1) is 12.6. The van der Waals surface area contributed by atoms with Crippen LogP contribution in [0.3, 0.4) is 0 Å². The number of hydrogen-bond acceptors (Lipinski definition) is 5. The summed E-state index contributed by atoms with van der Waals surface area (Å²) in [6.07, 6.45) is 0.835. The first-order valence-corrected chi connectivity index (χ1v) is 5.90. The van der Waals surface area contributed by atoms with Crippen molar-refractivity contribution in [3.8, 4) is 5.75 Å². The van der Waals surface area contributed by atoms with Crippen molar-refractivity contribution in [2.45, 2.75) is 32.9 Å². The maximum Gasteiger partial charge on any atom is 0.145 e. The monoisotopic (exact) mass is 247 g/mol. The van der Waals surface area contributed by atoms with Gasteiger partial charge in [-0.2, -0.15) is 0 Å². The van der Waals surface area contributed by atoms with Crippen LogP contribution in [0, 0.1) is 6.92 Å². The van der Waals surface area contributed by atoms with Gasteiger partial charge in [0.2, 0.25) is 0 Å². The van der Waals surface area contributed by atoms with E-state index in [9.17, 15) is 0 Å². The Labute approximate surface area is 106 Å². The van der Waals surface area contributed by atoms with Crippen LogP contribution in [0.15, 0.2) is 28.9 Å². The van der Waals surface area contributed by atoms with Gasteiger partial charge in [0.15, 0.2) is 0 Å². The number of nitrogens with zero attached hydrogens (tertiary/aromatic N) is 2. The maximum atomic E-state index is 5.77. The maximum absolute atomic E-state index is 5.77. The topological polar surface area (TPSA) is 74.2 Å². The van der Waals surface area contributed by atoms with E-state index in [-0.39, 0.29) is 6.04 Å². The molecule has 2 aromatic rings. The molecule has 1 aromatic carbocycles. The number of ether oxygens (including phenoxy) is 1. The second-order valence-electron chi connectivity index (χ2n) is 4.41. The van der Waals surface area contributed by atoms with Crippen LogP contribution in [0.5, 0.6) is 5.75 Å². The highest BCUT2D eigenvalue weighted by Crippen LogP contribution is 2.16. The van der Waals surface area contributed by atoms with Crippen LogP contribution in [-0.2, 0) is 13.0 Å². The number of aryl methyl sites for hydroxylation is 1. The molecular formula is C13H17N3O2. The minimum atomic E-state index is 0.141. The molecule has 1 heterocycles. The molecule has 5 heteroatoms. The van der Waals surface area contributed by atoms with Crippen molar-refractivity contribution in [2.24, 2.45) is 5.73 Å². The Kier molecular flexibility index (Phi) is 3.94. The molecule has 2 rings (SSSR count). The summed E-state index contributed by atoms with van der Waals surface area (Å²) in [5.41, 5.74) is 8.41. The largest absolute Gasteiger partial charge is 0.487 e. The quantitative estimate of drug-likeness (QED) is 0.872. The molecule has 5 nitrogen and oxygen atoms in total. The van der Waals surface area contributed by atoms with Crippen molar-refractivity contribution >= 4 is 0 Å². The van der Waals surface area contributed by atoms with E-state index in [2.05, 4.69) is 14.9 Å². The number of hydrogen-bond donors (Lipinski definition) is 1. The molecular weight excluding hydrogens is 230 g/mol. The van der Waals surface area contributed by atoms with E-state index < -0.39 is 0 Å². The first-order chi connectivity index (χ1) is 8.65. The lowest BCUT2D eigenvalue weighted by Crippen LogP contribution is -2.17. The van der Waals surface area contributed by atoms with Crippen LogP contribution < -0.4 is 10.5 Å². The molecule has 0 aliphatic heterocycles. The Bertz CT molecular complexity index is 508. The number of nitrogens with two attached hydrogens (primary N) is 1. The van der Waals surface area contributed by atoms with Crippen molar-refractivity contribution in [3.05, 3.63) is 41.2 Å². The summed E-state index contributed by atoms with van der Waals surface area (Å²) < 4.78 is 10.3.